The first kappa shape index (κ1) is 18.8. The molecule has 9 heteroatoms. The van der Waals surface area contributed by atoms with E-state index in [4.69, 9.17) is 4.74 Å². The number of nitrogens with zero attached hydrogens (tertiary/aromatic N) is 1. The topological polar surface area (TPSA) is 84.9 Å². The summed E-state index contributed by atoms with van der Waals surface area (Å²) < 4.78 is 38.5. The van der Waals surface area contributed by atoms with Crippen LogP contribution in [-0.4, -0.2) is 64.8 Å². The zero-order chi connectivity index (χ0) is 18.0. The lowest BCUT2D eigenvalue weighted by Gasteiger charge is -2.33. The van der Waals surface area contributed by atoms with Crippen molar-refractivity contribution in [1.82, 2.24) is 9.62 Å². The van der Waals surface area contributed by atoms with Gasteiger partial charge in [-0.1, -0.05) is 0 Å². The first-order valence-electron chi connectivity index (χ1n) is 8.14. The molecule has 1 aromatic rings. The number of hydrogen-bond acceptors (Lipinski definition) is 6. The maximum atomic E-state index is 12.5. The van der Waals surface area contributed by atoms with Crippen LogP contribution in [0.3, 0.4) is 0 Å². The minimum absolute atomic E-state index is 0.0194. The second-order valence-corrected chi connectivity index (χ2v) is 8.83. The molecule has 1 aliphatic carbocycles. The van der Waals surface area contributed by atoms with E-state index in [1.807, 2.05) is 0 Å². The summed E-state index contributed by atoms with van der Waals surface area (Å²) in [4.78, 5) is 14.1. The molecule has 1 atom stereocenters. The van der Waals surface area contributed by atoms with Gasteiger partial charge >= 0.3 is 5.97 Å². The zero-order valence-electron chi connectivity index (χ0n) is 13.9. The Hall–Kier alpha value is -1.00. The number of halogens is 1. The number of nitrogens with one attached hydrogen (secondary N) is 1. The quantitative estimate of drug-likeness (QED) is 0.683. The average Bonchev–Trinajstić information content (AvgIpc) is 3.45. The van der Waals surface area contributed by atoms with Crippen LogP contribution in [0, 0.1) is 0 Å². The second-order valence-electron chi connectivity index (χ2n) is 6.20. The number of esters is 1. The fourth-order valence-electron chi connectivity index (χ4n) is 2.86. The molecule has 2 aliphatic rings. The Morgan fingerprint density at radius 1 is 1.44 bits per heavy atom. The van der Waals surface area contributed by atoms with Crippen LogP contribution >= 0.6 is 15.9 Å². The fourth-order valence-corrected chi connectivity index (χ4v) is 4.36. The van der Waals surface area contributed by atoms with Crippen LogP contribution in [0.5, 0.6) is 0 Å². The highest BCUT2D eigenvalue weighted by atomic mass is 79.9. The molecule has 0 unspecified atom stereocenters. The van der Waals surface area contributed by atoms with Gasteiger partial charge in [0.25, 0.3) is 0 Å². The van der Waals surface area contributed by atoms with Crippen molar-refractivity contribution in [2.45, 2.75) is 29.9 Å². The van der Waals surface area contributed by atoms with Crippen LogP contribution in [0.1, 0.15) is 23.2 Å². The van der Waals surface area contributed by atoms with E-state index in [1.54, 1.807) is 0 Å². The Morgan fingerprint density at radius 2 is 2.20 bits per heavy atom. The molecule has 1 aliphatic heterocycles. The van der Waals surface area contributed by atoms with E-state index in [2.05, 4.69) is 30.3 Å². The molecule has 0 spiro atoms. The molecular formula is C16H21BrN2O5S. The predicted molar refractivity (Wildman–Crippen MR) is 95.0 cm³/mol. The number of hydrogen-bond donors (Lipinski definition) is 1. The smallest absolute Gasteiger partial charge is 0.339 e. The lowest BCUT2D eigenvalue weighted by atomic mass is 10.2. The number of carbonyl (C=O) groups is 1. The normalized spacial score (nSPS) is 21.9. The molecule has 1 saturated heterocycles. The predicted octanol–water partition coefficient (Wildman–Crippen LogP) is 1.38. The number of carbonyl (C=O) groups excluding carboxylic acids is 1. The van der Waals surface area contributed by atoms with E-state index >= 15 is 0 Å². The van der Waals surface area contributed by atoms with Crippen molar-refractivity contribution >= 4 is 31.9 Å². The summed E-state index contributed by atoms with van der Waals surface area (Å²) in [5.41, 5.74) is 0.166. The Labute approximate surface area is 155 Å². The van der Waals surface area contributed by atoms with Crippen LogP contribution < -0.4 is 4.72 Å². The molecule has 138 valence electrons. The summed E-state index contributed by atoms with van der Waals surface area (Å²) in [7, 11) is -2.49. The van der Waals surface area contributed by atoms with Crippen molar-refractivity contribution in [2.24, 2.45) is 0 Å². The standard InChI is InChI=1S/C16H21BrN2O5S/c1-23-16(20)14-8-13(4-5-15(14)17)25(21,22)18-9-12-10-19(6-7-24-12)11-2-3-11/h4-5,8,11-12,18H,2-3,6-7,9-10H2,1H3/t12-/m1/s1. The molecular weight excluding hydrogens is 412 g/mol. The third-order valence-electron chi connectivity index (χ3n) is 4.39. The van der Waals surface area contributed by atoms with Gasteiger partial charge in [-0.25, -0.2) is 17.9 Å². The Bertz CT molecular complexity index is 751. The lowest BCUT2D eigenvalue weighted by Crippen LogP contribution is -2.48. The number of sulfonamides is 1. The Morgan fingerprint density at radius 3 is 2.88 bits per heavy atom. The molecule has 2 fully saturated rings. The molecule has 1 heterocycles. The van der Waals surface area contributed by atoms with Gasteiger partial charge in [-0.05, 0) is 47.0 Å². The zero-order valence-corrected chi connectivity index (χ0v) is 16.3. The molecule has 0 aromatic heterocycles. The summed E-state index contributed by atoms with van der Waals surface area (Å²) in [6, 6.07) is 4.90. The number of rotatable bonds is 6. The Kier molecular flexibility index (Phi) is 5.79. The molecule has 3 rings (SSSR count). The Balaban J connectivity index is 1.66. The van der Waals surface area contributed by atoms with Crippen LogP contribution in [0.4, 0.5) is 0 Å². The van der Waals surface area contributed by atoms with E-state index in [0.717, 1.165) is 13.1 Å². The van der Waals surface area contributed by atoms with E-state index in [9.17, 15) is 13.2 Å². The van der Waals surface area contributed by atoms with Gasteiger partial charge in [0.1, 0.15) is 0 Å². The highest BCUT2D eigenvalue weighted by Gasteiger charge is 2.33. The summed E-state index contributed by atoms with van der Waals surface area (Å²) in [6.45, 7) is 2.47. The minimum Gasteiger partial charge on any atom is -0.465 e. The number of ether oxygens (including phenoxy) is 2. The van der Waals surface area contributed by atoms with Gasteiger partial charge in [-0.15, -0.1) is 0 Å². The van der Waals surface area contributed by atoms with Crippen LogP contribution in [0.2, 0.25) is 0 Å². The highest BCUT2D eigenvalue weighted by Crippen LogP contribution is 2.28. The SMILES string of the molecule is COC(=O)c1cc(S(=O)(=O)NC[C@@H]2CN(C3CC3)CCO2)ccc1Br. The molecule has 0 radical (unpaired) electrons. The molecule has 1 saturated carbocycles. The molecule has 7 nitrogen and oxygen atoms in total. The monoisotopic (exact) mass is 432 g/mol. The summed E-state index contributed by atoms with van der Waals surface area (Å²) in [5.74, 6) is -0.598. The van der Waals surface area contributed by atoms with E-state index in [0.29, 0.717) is 17.1 Å². The van der Waals surface area contributed by atoms with Gasteiger partial charge in [0.2, 0.25) is 10.0 Å². The van der Waals surface area contributed by atoms with Crippen molar-refractivity contribution in [3.05, 3.63) is 28.2 Å². The minimum atomic E-state index is -3.74. The summed E-state index contributed by atoms with van der Waals surface area (Å²) in [6.07, 6.45) is 2.26. The van der Waals surface area contributed by atoms with E-state index < -0.39 is 16.0 Å². The highest BCUT2D eigenvalue weighted by molar-refractivity contribution is 9.10. The van der Waals surface area contributed by atoms with E-state index in [-0.39, 0.29) is 23.1 Å². The first-order chi connectivity index (χ1) is 11.9. The van der Waals surface area contributed by atoms with Gasteiger partial charge in [0, 0.05) is 30.1 Å². The van der Waals surface area contributed by atoms with Gasteiger partial charge < -0.3 is 9.47 Å². The third kappa shape index (κ3) is 4.59. The van der Waals surface area contributed by atoms with Gasteiger partial charge in [0.05, 0.1) is 30.3 Å². The van der Waals surface area contributed by atoms with Crippen molar-refractivity contribution in [1.29, 1.82) is 0 Å². The first-order valence-corrected chi connectivity index (χ1v) is 10.4. The molecule has 25 heavy (non-hydrogen) atoms. The maximum Gasteiger partial charge on any atom is 0.339 e. The van der Waals surface area contributed by atoms with Gasteiger partial charge in [0.15, 0.2) is 0 Å². The average molecular weight is 433 g/mol. The number of benzene rings is 1. The fraction of sp³-hybridized carbons (Fsp3) is 0.562. The van der Waals surface area contributed by atoms with Crippen molar-refractivity contribution < 1.29 is 22.7 Å². The van der Waals surface area contributed by atoms with Crippen LogP contribution in [0.15, 0.2) is 27.6 Å². The molecule has 1 aromatic carbocycles. The largest absolute Gasteiger partial charge is 0.465 e. The maximum absolute atomic E-state index is 12.5. The summed E-state index contributed by atoms with van der Waals surface area (Å²) >= 11 is 3.22. The molecule has 0 amide bonds. The molecule has 0 bridgehead atoms. The van der Waals surface area contributed by atoms with Crippen molar-refractivity contribution in [3.63, 3.8) is 0 Å². The van der Waals surface area contributed by atoms with Gasteiger partial charge in [-0.2, -0.15) is 0 Å². The van der Waals surface area contributed by atoms with Crippen molar-refractivity contribution in [3.8, 4) is 0 Å². The van der Waals surface area contributed by atoms with Crippen LogP contribution in [0.25, 0.3) is 0 Å². The van der Waals surface area contributed by atoms with Crippen LogP contribution in [-0.2, 0) is 19.5 Å². The van der Waals surface area contributed by atoms with E-state index in [1.165, 1.54) is 38.2 Å². The number of morpholine rings is 1. The molecule has 1 N–H and O–H groups in total. The second kappa shape index (κ2) is 7.71. The third-order valence-corrected chi connectivity index (χ3v) is 6.50. The summed E-state index contributed by atoms with van der Waals surface area (Å²) in [5, 5.41) is 0. The number of methoxy groups -OCH3 is 1. The van der Waals surface area contributed by atoms with Gasteiger partial charge in [-0.3, -0.25) is 4.90 Å². The lowest BCUT2D eigenvalue weighted by molar-refractivity contribution is -0.0277. The van der Waals surface area contributed by atoms with Crippen molar-refractivity contribution in [2.75, 3.05) is 33.4 Å².